The zero-order valence-electron chi connectivity index (χ0n) is 28.5. The van der Waals surface area contributed by atoms with Crippen molar-refractivity contribution in [3.63, 3.8) is 0 Å². The van der Waals surface area contributed by atoms with Gasteiger partial charge in [-0.3, -0.25) is 14.4 Å². The fourth-order valence-corrected chi connectivity index (χ4v) is 6.41. The number of urea groups is 1. The Kier molecular flexibility index (Phi) is 10.5. The topological polar surface area (TPSA) is 144 Å². The molecule has 1 aromatic carbocycles. The molecule has 2 N–H and O–H groups in total. The summed E-state index contributed by atoms with van der Waals surface area (Å²) in [5, 5.41) is 6.17. The first-order chi connectivity index (χ1) is 22.6. The van der Waals surface area contributed by atoms with Crippen molar-refractivity contribution < 1.29 is 28.3 Å². The highest BCUT2D eigenvalue weighted by Gasteiger charge is 2.46. The summed E-state index contributed by atoms with van der Waals surface area (Å²) in [7, 11) is 0. The van der Waals surface area contributed by atoms with Crippen LogP contribution < -0.4 is 15.4 Å². The minimum Gasteiger partial charge on any atom is -0.472 e. The number of ether oxygens (including phenoxy) is 1. The average Bonchev–Trinajstić information content (AvgIpc) is 3.61. The molecule has 1 aliphatic carbocycles. The summed E-state index contributed by atoms with van der Waals surface area (Å²) in [6.07, 6.45) is 4.66. The van der Waals surface area contributed by atoms with Gasteiger partial charge in [-0.25, -0.2) is 14.8 Å². The zero-order chi connectivity index (χ0) is 34.8. The van der Waals surface area contributed by atoms with Gasteiger partial charge in [-0.1, -0.05) is 63.8 Å². The Morgan fingerprint density at radius 1 is 1.06 bits per heavy atom. The molecule has 1 aliphatic heterocycles. The number of rotatable bonds is 11. The number of nitrogens with one attached hydrogen (secondary N) is 2. The second-order valence-corrected chi connectivity index (χ2v) is 15.6. The van der Waals surface area contributed by atoms with E-state index < -0.39 is 47.0 Å². The molecule has 3 aromatic rings. The number of aromatic nitrogens is 2. The first-order valence-corrected chi connectivity index (χ1v) is 17.0. The molecule has 1 unspecified atom stereocenters. The monoisotopic (exact) mass is 679 g/mol. The number of benzene rings is 1. The molecule has 4 atom stereocenters. The first kappa shape index (κ1) is 35.3. The predicted molar refractivity (Wildman–Crippen MR) is 182 cm³/mol. The Morgan fingerprint density at radius 3 is 2.40 bits per heavy atom. The van der Waals surface area contributed by atoms with Crippen molar-refractivity contribution in [2.24, 2.45) is 17.3 Å². The van der Waals surface area contributed by atoms with Gasteiger partial charge in [0.25, 0.3) is 5.89 Å². The van der Waals surface area contributed by atoms with E-state index in [1.165, 1.54) is 11.1 Å². The van der Waals surface area contributed by atoms with Gasteiger partial charge in [0.1, 0.15) is 17.7 Å². The number of likely N-dealkylation sites (tertiary alicyclic amines) is 1. The lowest BCUT2D eigenvalue weighted by Gasteiger charge is -2.36. The van der Waals surface area contributed by atoms with Crippen molar-refractivity contribution >= 4 is 46.2 Å². The van der Waals surface area contributed by atoms with E-state index in [1.807, 2.05) is 53.7 Å². The second-order valence-electron chi connectivity index (χ2n) is 15.2. The molecule has 1 saturated carbocycles. The van der Waals surface area contributed by atoms with Crippen LogP contribution in [0.3, 0.4) is 0 Å². The van der Waals surface area contributed by atoms with Gasteiger partial charge in [0.05, 0.1) is 17.6 Å². The molecule has 3 amide bonds. The Balaban J connectivity index is 1.41. The van der Waals surface area contributed by atoms with E-state index in [1.54, 1.807) is 24.3 Å². The number of nitrogens with zero attached hydrogens (tertiary/aromatic N) is 3. The lowest BCUT2D eigenvalue weighted by molar-refractivity contribution is -0.141. The van der Waals surface area contributed by atoms with Crippen LogP contribution in [-0.2, 0) is 9.59 Å². The van der Waals surface area contributed by atoms with Crippen molar-refractivity contribution in [1.29, 1.82) is 0 Å². The number of hydrogen-bond donors (Lipinski definition) is 2. The Bertz CT molecular complexity index is 1610. The van der Waals surface area contributed by atoms with Gasteiger partial charge in [0.15, 0.2) is 11.4 Å². The van der Waals surface area contributed by atoms with E-state index in [4.69, 9.17) is 20.8 Å². The highest BCUT2D eigenvalue weighted by atomic mass is 35.5. The van der Waals surface area contributed by atoms with Gasteiger partial charge in [0, 0.05) is 36.6 Å². The lowest BCUT2D eigenvalue weighted by Crippen LogP contribution is -2.60. The van der Waals surface area contributed by atoms with E-state index in [0.717, 1.165) is 19.3 Å². The summed E-state index contributed by atoms with van der Waals surface area (Å²) in [4.78, 5) is 65.7. The SMILES string of the molecule is CC(C)(C)NC(=O)N[C@H](C(=O)N1C[C@H](Oc2ccc(Cl)cn2)C[C@H]1C(=O)CC(CC1CCC1)C(=O)c1nc2ccccc2o1)C(C)(C)C. The van der Waals surface area contributed by atoms with Crippen LogP contribution in [0, 0.1) is 17.3 Å². The van der Waals surface area contributed by atoms with Gasteiger partial charge in [0.2, 0.25) is 17.6 Å². The maximum atomic E-state index is 14.4. The van der Waals surface area contributed by atoms with Crippen molar-refractivity contribution in [3.05, 3.63) is 53.5 Å². The van der Waals surface area contributed by atoms with Crippen LogP contribution in [0.5, 0.6) is 5.88 Å². The fourth-order valence-electron chi connectivity index (χ4n) is 6.30. The van der Waals surface area contributed by atoms with Gasteiger partial charge in [-0.05, 0) is 56.7 Å². The van der Waals surface area contributed by atoms with E-state index in [9.17, 15) is 19.2 Å². The average molecular weight is 680 g/mol. The third-order valence-electron chi connectivity index (χ3n) is 8.95. The molecular weight excluding hydrogens is 634 g/mol. The third-order valence-corrected chi connectivity index (χ3v) is 9.17. The van der Waals surface area contributed by atoms with Gasteiger partial charge >= 0.3 is 6.03 Å². The summed E-state index contributed by atoms with van der Waals surface area (Å²) in [5.74, 6) is -0.979. The summed E-state index contributed by atoms with van der Waals surface area (Å²) < 4.78 is 12.0. The molecule has 1 saturated heterocycles. The summed E-state index contributed by atoms with van der Waals surface area (Å²) in [5.41, 5.74) is -0.127. The molecule has 12 heteroatoms. The Morgan fingerprint density at radius 2 is 1.79 bits per heavy atom. The molecule has 48 heavy (non-hydrogen) atoms. The maximum Gasteiger partial charge on any atom is 0.315 e. The van der Waals surface area contributed by atoms with Crippen LogP contribution in [0.15, 0.2) is 47.0 Å². The number of pyridine rings is 1. The van der Waals surface area contributed by atoms with Crippen molar-refractivity contribution in [3.8, 4) is 5.88 Å². The highest BCUT2D eigenvalue weighted by molar-refractivity contribution is 6.30. The summed E-state index contributed by atoms with van der Waals surface area (Å²) >= 11 is 6.01. The van der Waals surface area contributed by atoms with Gasteiger partial charge in [-0.15, -0.1) is 0 Å². The van der Waals surface area contributed by atoms with Crippen LogP contribution in [-0.4, -0.2) is 68.6 Å². The number of Topliss-reactive ketones (excluding diaryl/α,β-unsaturated/α-hetero) is 2. The highest BCUT2D eigenvalue weighted by Crippen LogP contribution is 2.36. The number of hydrogen-bond acceptors (Lipinski definition) is 8. The Hall–Kier alpha value is -3.99. The molecule has 0 radical (unpaired) electrons. The molecule has 2 aromatic heterocycles. The number of carbonyl (C=O) groups excluding carboxylic acids is 4. The first-order valence-electron chi connectivity index (χ1n) is 16.7. The molecule has 0 spiro atoms. The molecule has 2 aliphatic rings. The van der Waals surface area contributed by atoms with Gasteiger partial charge < -0.3 is 24.7 Å². The quantitative estimate of drug-likeness (QED) is 0.222. The standard InChI is InChI=1S/C36H46ClN5O6/c1-35(2,3)31(40-34(46)41-36(4,5)6)33(45)42-20-24(47-29-15-14-23(37)19-38-29)18-26(42)27(43)17-22(16-21-10-9-11-21)30(44)32-39-25-12-7-8-13-28(25)48-32/h7-8,12-15,19,21-22,24,26,31H,9-11,16-18,20H2,1-6H3,(H2,40,41,46)/t22?,24-,26+,31-/m1/s1. The van der Waals surface area contributed by atoms with Crippen molar-refractivity contribution in [2.45, 2.75) is 104 Å². The largest absolute Gasteiger partial charge is 0.472 e. The zero-order valence-corrected chi connectivity index (χ0v) is 29.3. The summed E-state index contributed by atoms with van der Waals surface area (Å²) in [6, 6.07) is 8.14. The molecule has 11 nitrogen and oxygen atoms in total. The lowest BCUT2D eigenvalue weighted by atomic mass is 9.76. The third kappa shape index (κ3) is 8.72. The van der Waals surface area contributed by atoms with Crippen LogP contribution in [0.4, 0.5) is 4.79 Å². The summed E-state index contributed by atoms with van der Waals surface area (Å²) in [6.45, 7) is 11.2. The number of ketones is 2. The van der Waals surface area contributed by atoms with Crippen LogP contribution in [0.2, 0.25) is 5.02 Å². The van der Waals surface area contributed by atoms with Crippen LogP contribution >= 0.6 is 11.6 Å². The number of oxazole rings is 1. The van der Waals surface area contributed by atoms with Crippen molar-refractivity contribution in [1.82, 2.24) is 25.5 Å². The molecular formula is C36H46ClN5O6. The molecule has 2 fully saturated rings. The number of amides is 3. The van der Waals surface area contributed by atoms with Crippen LogP contribution in [0.25, 0.3) is 11.1 Å². The maximum absolute atomic E-state index is 14.4. The molecule has 3 heterocycles. The number of halogens is 1. The molecule has 0 bridgehead atoms. The van der Waals surface area contributed by atoms with Crippen molar-refractivity contribution in [2.75, 3.05) is 6.54 Å². The molecule has 5 rings (SSSR count). The van der Waals surface area contributed by atoms with Crippen LogP contribution in [0.1, 0.15) is 90.8 Å². The predicted octanol–water partition coefficient (Wildman–Crippen LogP) is 6.39. The van der Waals surface area contributed by atoms with Gasteiger partial charge in [-0.2, -0.15) is 0 Å². The van der Waals surface area contributed by atoms with E-state index in [-0.39, 0.29) is 36.8 Å². The van der Waals surface area contributed by atoms with E-state index >= 15 is 0 Å². The normalized spacial score (nSPS) is 19.8. The molecule has 258 valence electrons. The van der Waals surface area contributed by atoms with E-state index in [0.29, 0.717) is 34.3 Å². The fraction of sp³-hybridized carbons (Fsp3) is 0.556. The Labute approximate surface area is 286 Å². The minimum atomic E-state index is -0.949. The van der Waals surface area contributed by atoms with E-state index in [2.05, 4.69) is 20.6 Å². The number of fused-ring (bicyclic) bond motifs is 1. The second kappa shape index (κ2) is 14.2. The number of para-hydroxylation sites is 2. The number of carbonyl (C=O) groups is 4. The minimum absolute atomic E-state index is 0.00967. The smallest absolute Gasteiger partial charge is 0.315 e.